The van der Waals surface area contributed by atoms with E-state index in [-0.39, 0.29) is 17.7 Å². The van der Waals surface area contributed by atoms with E-state index in [1.165, 1.54) is 12.8 Å². The van der Waals surface area contributed by atoms with E-state index >= 15 is 0 Å². The fourth-order valence-electron chi connectivity index (χ4n) is 3.99. The van der Waals surface area contributed by atoms with Crippen LogP contribution < -0.4 is 16.4 Å². The number of carbonyl (C=O) groups is 2. The van der Waals surface area contributed by atoms with E-state index in [2.05, 4.69) is 29.4 Å². The van der Waals surface area contributed by atoms with Crippen LogP contribution in [0.25, 0.3) is 0 Å². The molecule has 6 nitrogen and oxygen atoms in total. The van der Waals surface area contributed by atoms with E-state index in [0.29, 0.717) is 44.1 Å². The summed E-state index contributed by atoms with van der Waals surface area (Å²) in [5, 5.41) is 6.09. The number of rotatable bonds is 6. The second kappa shape index (κ2) is 9.37. The van der Waals surface area contributed by atoms with E-state index in [1.54, 1.807) is 0 Å². The number of amides is 2. The van der Waals surface area contributed by atoms with Crippen LogP contribution in [0.1, 0.15) is 46.0 Å². The van der Waals surface area contributed by atoms with Crippen molar-refractivity contribution in [1.29, 1.82) is 0 Å². The van der Waals surface area contributed by atoms with Crippen LogP contribution >= 0.6 is 0 Å². The van der Waals surface area contributed by atoms with Crippen molar-refractivity contribution < 1.29 is 9.59 Å². The number of hydrogen-bond acceptors (Lipinski definition) is 4. The standard InChI is InChI=1S/C18H34N4O2/c1-13-5-3-7-16(14(13)2)21-17(23)12-22-10-4-6-15(11-22)18(24)20-9-8-19/h13-16H,3-12,19H2,1-2H3,(H,20,24)(H,21,23). The van der Waals surface area contributed by atoms with Gasteiger partial charge in [0.05, 0.1) is 12.5 Å². The highest BCUT2D eigenvalue weighted by molar-refractivity contribution is 5.80. The van der Waals surface area contributed by atoms with Crippen LogP contribution in [0.5, 0.6) is 0 Å². The topological polar surface area (TPSA) is 87.5 Å². The molecule has 24 heavy (non-hydrogen) atoms. The fourth-order valence-corrected chi connectivity index (χ4v) is 3.99. The molecule has 1 saturated carbocycles. The molecule has 0 bridgehead atoms. The fraction of sp³-hybridized carbons (Fsp3) is 0.889. The van der Waals surface area contributed by atoms with Crippen LogP contribution in [0.3, 0.4) is 0 Å². The number of piperidine rings is 1. The first-order chi connectivity index (χ1) is 11.5. The van der Waals surface area contributed by atoms with E-state index in [9.17, 15) is 9.59 Å². The zero-order valence-corrected chi connectivity index (χ0v) is 15.2. The van der Waals surface area contributed by atoms with Gasteiger partial charge < -0.3 is 16.4 Å². The van der Waals surface area contributed by atoms with E-state index in [0.717, 1.165) is 25.8 Å². The number of nitrogens with two attached hydrogens (primary N) is 1. The van der Waals surface area contributed by atoms with Crippen molar-refractivity contribution in [1.82, 2.24) is 15.5 Å². The normalized spacial score (nSPS) is 31.5. The van der Waals surface area contributed by atoms with Crippen LogP contribution in [0.2, 0.25) is 0 Å². The van der Waals surface area contributed by atoms with Gasteiger partial charge in [0.1, 0.15) is 0 Å². The lowest BCUT2D eigenvalue weighted by molar-refractivity contribution is -0.129. The summed E-state index contributed by atoms with van der Waals surface area (Å²) in [6.07, 6.45) is 5.40. The lowest BCUT2D eigenvalue weighted by atomic mass is 9.78. The number of carbonyl (C=O) groups excluding carboxylic acids is 2. The van der Waals surface area contributed by atoms with E-state index in [1.807, 2.05) is 0 Å². The molecule has 0 radical (unpaired) electrons. The molecule has 4 atom stereocenters. The van der Waals surface area contributed by atoms with Crippen LogP contribution in [-0.4, -0.2) is 55.5 Å². The summed E-state index contributed by atoms with van der Waals surface area (Å²) in [5.74, 6) is 1.37. The Hall–Kier alpha value is -1.14. The molecule has 4 N–H and O–H groups in total. The maximum Gasteiger partial charge on any atom is 0.234 e. The van der Waals surface area contributed by atoms with Crippen molar-refractivity contribution in [3.63, 3.8) is 0 Å². The zero-order valence-electron chi connectivity index (χ0n) is 15.2. The molecule has 2 aliphatic rings. The Morgan fingerprint density at radius 1 is 1.17 bits per heavy atom. The molecule has 0 aromatic heterocycles. The summed E-state index contributed by atoms with van der Waals surface area (Å²) in [5.41, 5.74) is 5.43. The summed E-state index contributed by atoms with van der Waals surface area (Å²) in [6.45, 7) is 7.46. The first-order valence-corrected chi connectivity index (χ1v) is 9.50. The van der Waals surface area contributed by atoms with Crippen molar-refractivity contribution >= 4 is 11.8 Å². The molecule has 1 aliphatic carbocycles. The predicted molar refractivity (Wildman–Crippen MR) is 95.3 cm³/mol. The number of hydrogen-bond donors (Lipinski definition) is 3. The first-order valence-electron chi connectivity index (χ1n) is 9.50. The lowest BCUT2D eigenvalue weighted by Crippen LogP contribution is -2.50. The van der Waals surface area contributed by atoms with Gasteiger partial charge >= 0.3 is 0 Å². The molecule has 2 amide bonds. The molecule has 2 fully saturated rings. The summed E-state index contributed by atoms with van der Waals surface area (Å²) >= 11 is 0. The second-order valence-corrected chi connectivity index (χ2v) is 7.60. The molecule has 0 spiro atoms. The average molecular weight is 338 g/mol. The van der Waals surface area contributed by atoms with Gasteiger partial charge in [0.15, 0.2) is 0 Å². The number of nitrogens with one attached hydrogen (secondary N) is 2. The third-order valence-electron chi connectivity index (χ3n) is 5.74. The van der Waals surface area contributed by atoms with Gasteiger partial charge in [0.2, 0.25) is 11.8 Å². The van der Waals surface area contributed by atoms with Crippen LogP contribution in [-0.2, 0) is 9.59 Å². The molecule has 4 unspecified atom stereocenters. The highest BCUT2D eigenvalue weighted by atomic mass is 16.2. The molecular formula is C18H34N4O2. The third-order valence-corrected chi connectivity index (χ3v) is 5.74. The average Bonchev–Trinajstić information content (AvgIpc) is 2.57. The molecule has 6 heteroatoms. The smallest absolute Gasteiger partial charge is 0.234 e. The summed E-state index contributed by atoms with van der Waals surface area (Å²) in [4.78, 5) is 26.6. The largest absolute Gasteiger partial charge is 0.355 e. The molecular weight excluding hydrogens is 304 g/mol. The maximum absolute atomic E-state index is 12.4. The van der Waals surface area contributed by atoms with Crippen LogP contribution in [0.4, 0.5) is 0 Å². The molecule has 2 rings (SSSR count). The monoisotopic (exact) mass is 338 g/mol. The molecule has 1 heterocycles. The van der Waals surface area contributed by atoms with E-state index < -0.39 is 0 Å². The zero-order chi connectivity index (χ0) is 17.5. The van der Waals surface area contributed by atoms with Crippen molar-refractivity contribution in [2.75, 3.05) is 32.7 Å². The Bertz CT molecular complexity index is 429. The lowest BCUT2D eigenvalue weighted by Gasteiger charge is -2.36. The molecule has 138 valence electrons. The highest BCUT2D eigenvalue weighted by Gasteiger charge is 2.30. The van der Waals surface area contributed by atoms with Gasteiger partial charge in [-0.3, -0.25) is 14.5 Å². The molecule has 1 aliphatic heterocycles. The molecule has 0 aromatic rings. The van der Waals surface area contributed by atoms with Crippen molar-refractivity contribution in [3.05, 3.63) is 0 Å². The number of likely N-dealkylation sites (tertiary alicyclic amines) is 1. The summed E-state index contributed by atoms with van der Waals surface area (Å²) < 4.78 is 0. The van der Waals surface area contributed by atoms with Gasteiger partial charge in [-0.2, -0.15) is 0 Å². The quantitative estimate of drug-likeness (QED) is 0.666. The Labute approximate surface area is 145 Å². The Morgan fingerprint density at radius 2 is 1.96 bits per heavy atom. The maximum atomic E-state index is 12.4. The minimum atomic E-state index is -0.0215. The first kappa shape index (κ1) is 19.2. The highest BCUT2D eigenvalue weighted by Crippen LogP contribution is 2.29. The Kier molecular flexibility index (Phi) is 7.49. The molecule has 1 saturated heterocycles. The minimum Gasteiger partial charge on any atom is -0.355 e. The minimum absolute atomic E-state index is 0.0215. The molecule has 0 aromatic carbocycles. The van der Waals surface area contributed by atoms with Gasteiger partial charge in [-0.05, 0) is 37.6 Å². The van der Waals surface area contributed by atoms with Gasteiger partial charge in [-0.25, -0.2) is 0 Å². The van der Waals surface area contributed by atoms with Gasteiger partial charge in [0, 0.05) is 25.7 Å². The van der Waals surface area contributed by atoms with Crippen LogP contribution in [0, 0.1) is 17.8 Å². The van der Waals surface area contributed by atoms with Gasteiger partial charge in [0.25, 0.3) is 0 Å². The third kappa shape index (κ3) is 5.45. The SMILES string of the molecule is CC1CCCC(NC(=O)CN2CCCC(C(=O)NCCN)C2)C1C. The van der Waals surface area contributed by atoms with Crippen molar-refractivity contribution in [3.8, 4) is 0 Å². The Balaban J connectivity index is 1.77. The second-order valence-electron chi connectivity index (χ2n) is 7.60. The van der Waals surface area contributed by atoms with Crippen LogP contribution in [0.15, 0.2) is 0 Å². The van der Waals surface area contributed by atoms with Crippen molar-refractivity contribution in [2.45, 2.75) is 52.0 Å². The summed E-state index contributed by atoms with van der Waals surface area (Å²) in [6, 6.07) is 0.301. The number of nitrogens with zero attached hydrogens (tertiary/aromatic N) is 1. The van der Waals surface area contributed by atoms with Gasteiger partial charge in [-0.15, -0.1) is 0 Å². The Morgan fingerprint density at radius 3 is 2.71 bits per heavy atom. The predicted octanol–water partition coefficient (Wildman–Crippen LogP) is 0.714. The van der Waals surface area contributed by atoms with Gasteiger partial charge in [-0.1, -0.05) is 26.7 Å². The van der Waals surface area contributed by atoms with E-state index in [4.69, 9.17) is 5.73 Å². The summed E-state index contributed by atoms with van der Waals surface area (Å²) in [7, 11) is 0. The van der Waals surface area contributed by atoms with Crippen molar-refractivity contribution in [2.24, 2.45) is 23.5 Å².